The number of aromatic hydroxyl groups is 1. The lowest BCUT2D eigenvalue weighted by Gasteiger charge is -2.18. The minimum absolute atomic E-state index is 0.163. The zero-order valence-electron chi connectivity index (χ0n) is 10.1. The number of halogens is 1. The fraction of sp³-hybridized carbons (Fsp3) is 0.538. The Morgan fingerprint density at radius 2 is 2.35 bits per heavy atom. The normalized spacial score (nSPS) is 22.9. The molecular formula is C13H19FN2O. The fourth-order valence-electron chi connectivity index (χ4n) is 2.36. The second kappa shape index (κ2) is 5.02. The highest BCUT2D eigenvalue weighted by molar-refractivity contribution is 5.32. The van der Waals surface area contributed by atoms with Gasteiger partial charge in [0.2, 0.25) is 0 Å². The smallest absolute Gasteiger partial charge is 0.123 e. The third kappa shape index (κ3) is 2.96. The van der Waals surface area contributed by atoms with Crippen molar-refractivity contribution in [2.75, 3.05) is 13.1 Å². The third-order valence-electron chi connectivity index (χ3n) is 3.49. The number of phenolic OH excluding ortho intramolecular Hbond substituents is 1. The summed E-state index contributed by atoms with van der Waals surface area (Å²) in [5.41, 5.74) is 6.52. The second-order valence-corrected chi connectivity index (χ2v) is 4.92. The summed E-state index contributed by atoms with van der Waals surface area (Å²) in [5.74, 6) is 0.363. The molecule has 0 aromatic heterocycles. The average Bonchev–Trinajstić information content (AvgIpc) is 2.72. The van der Waals surface area contributed by atoms with Crippen molar-refractivity contribution in [3.8, 4) is 5.75 Å². The minimum Gasteiger partial charge on any atom is -0.508 e. The van der Waals surface area contributed by atoms with Crippen LogP contribution in [0.25, 0.3) is 0 Å². The topological polar surface area (TPSA) is 49.5 Å². The van der Waals surface area contributed by atoms with Crippen LogP contribution >= 0.6 is 0 Å². The Morgan fingerprint density at radius 1 is 1.59 bits per heavy atom. The second-order valence-electron chi connectivity index (χ2n) is 4.92. The van der Waals surface area contributed by atoms with Crippen LogP contribution < -0.4 is 5.73 Å². The number of rotatable bonds is 3. The van der Waals surface area contributed by atoms with Crippen LogP contribution in [-0.4, -0.2) is 29.1 Å². The quantitative estimate of drug-likeness (QED) is 0.842. The van der Waals surface area contributed by atoms with Crippen molar-refractivity contribution in [2.45, 2.75) is 25.9 Å². The van der Waals surface area contributed by atoms with E-state index in [1.54, 1.807) is 0 Å². The lowest BCUT2D eigenvalue weighted by atomic mass is 10.0. The Balaban J connectivity index is 2.00. The van der Waals surface area contributed by atoms with E-state index in [1.807, 2.05) is 6.92 Å². The van der Waals surface area contributed by atoms with E-state index in [9.17, 15) is 9.50 Å². The van der Waals surface area contributed by atoms with Crippen molar-refractivity contribution >= 4 is 0 Å². The van der Waals surface area contributed by atoms with Gasteiger partial charge in [-0.05, 0) is 44.0 Å². The van der Waals surface area contributed by atoms with Crippen LogP contribution in [0.4, 0.5) is 4.39 Å². The maximum Gasteiger partial charge on any atom is 0.123 e. The zero-order valence-corrected chi connectivity index (χ0v) is 10.1. The Kier molecular flexibility index (Phi) is 3.64. The van der Waals surface area contributed by atoms with Gasteiger partial charge in [-0.2, -0.15) is 0 Å². The van der Waals surface area contributed by atoms with Gasteiger partial charge in [-0.15, -0.1) is 0 Å². The van der Waals surface area contributed by atoms with Crippen LogP contribution in [0.5, 0.6) is 5.75 Å². The van der Waals surface area contributed by atoms with Gasteiger partial charge in [0.15, 0.2) is 0 Å². The van der Waals surface area contributed by atoms with Crippen LogP contribution in [0.15, 0.2) is 18.2 Å². The molecule has 2 unspecified atom stereocenters. The van der Waals surface area contributed by atoms with Gasteiger partial charge < -0.3 is 10.8 Å². The molecule has 17 heavy (non-hydrogen) atoms. The number of phenols is 1. The Morgan fingerprint density at radius 3 is 3.00 bits per heavy atom. The molecule has 1 saturated heterocycles. The Bertz CT molecular complexity index is 395. The Labute approximate surface area is 101 Å². The number of hydrogen-bond donors (Lipinski definition) is 2. The molecule has 0 bridgehead atoms. The number of nitrogens with two attached hydrogens (primary N) is 1. The van der Waals surface area contributed by atoms with Gasteiger partial charge in [0.25, 0.3) is 0 Å². The lowest BCUT2D eigenvalue weighted by Crippen LogP contribution is -2.29. The van der Waals surface area contributed by atoms with E-state index in [2.05, 4.69) is 4.90 Å². The molecule has 3 nitrogen and oxygen atoms in total. The summed E-state index contributed by atoms with van der Waals surface area (Å²) >= 11 is 0. The molecule has 2 rings (SSSR count). The lowest BCUT2D eigenvalue weighted by molar-refractivity contribution is 0.302. The summed E-state index contributed by atoms with van der Waals surface area (Å²) in [4.78, 5) is 2.21. The van der Waals surface area contributed by atoms with Crippen LogP contribution in [0, 0.1) is 11.7 Å². The first-order valence-corrected chi connectivity index (χ1v) is 6.01. The number of hydrogen-bond acceptors (Lipinski definition) is 3. The van der Waals surface area contributed by atoms with Crippen molar-refractivity contribution < 1.29 is 9.50 Å². The van der Waals surface area contributed by atoms with E-state index in [1.165, 1.54) is 18.2 Å². The molecule has 1 aromatic rings. The zero-order chi connectivity index (χ0) is 12.4. The SMILES string of the molecule is CC(N)C1CCN(Cc2cc(F)ccc2O)C1. The predicted molar refractivity (Wildman–Crippen MR) is 65.1 cm³/mol. The maximum absolute atomic E-state index is 13.1. The van der Waals surface area contributed by atoms with Gasteiger partial charge in [0.1, 0.15) is 11.6 Å². The molecule has 94 valence electrons. The molecule has 1 heterocycles. The largest absolute Gasteiger partial charge is 0.508 e. The molecule has 1 aliphatic rings. The predicted octanol–water partition coefficient (Wildman–Crippen LogP) is 1.70. The molecule has 1 aliphatic heterocycles. The van der Waals surface area contributed by atoms with Gasteiger partial charge in [-0.25, -0.2) is 4.39 Å². The van der Waals surface area contributed by atoms with E-state index >= 15 is 0 Å². The molecule has 3 N–H and O–H groups in total. The molecule has 1 fully saturated rings. The molecule has 0 amide bonds. The maximum atomic E-state index is 13.1. The average molecular weight is 238 g/mol. The van der Waals surface area contributed by atoms with E-state index in [0.717, 1.165) is 19.5 Å². The summed E-state index contributed by atoms with van der Waals surface area (Å²) in [7, 11) is 0. The van der Waals surface area contributed by atoms with Crippen LogP contribution in [-0.2, 0) is 6.54 Å². The fourth-order valence-corrected chi connectivity index (χ4v) is 2.36. The van der Waals surface area contributed by atoms with Gasteiger partial charge in [-0.3, -0.25) is 4.90 Å². The van der Waals surface area contributed by atoms with Gasteiger partial charge >= 0.3 is 0 Å². The van der Waals surface area contributed by atoms with E-state index in [0.29, 0.717) is 18.0 Å². The summed E-state index contributed by atoms with van der Waals surface area (Å²) in [6.07, 6.45) is 1.08. The minimum atomic E-state index is -0.305. The van der Waals surface area contributed by atoms with Crippen LogP contribution in [0.1, 0.15) is 18.9 Å². The molecule has 2 atom stereocenters. The third-order valence-corrected chi connectivity index (χ3v) is 3.49. The molecular weight excluding hydrogens is 219 g/mol. The first kappa shape index (κ1) is 12.3. The van der Waals surface area contributed by atoms with Crippen LogP contribution in [0.3, 0.4) is 0 Å². The van der Waals surface area contributed by atoms with E-state index in [4.69, 9.17) is 5.73 Å². The summed E-state index contributed by atoms with van der Waals surface area (Å²) < 4.78 is 13.1. The van der Waals surface area contributed by atoms with Crippen molar-refractivity contribution in [3.63, 3.8) is 0 Å². The standard InChI is InChI=1S/C13H19FN2O/c1-9(15)10-4-5-16(7-10)8-11-6-12(14)2-3-13(11)17/h2-3,6,9-10,17H,4-5,7-8,15H2,1H3. The first-order valence-electron chi connectivity index (χ1n) is 6.01. The first-order chi connectivity index (χ1) is 8.06. The molecule has 1 aromatic carbocycles. The summed E-state index contributed by atoms with van der Waals surface area (Å²) in [6, 6.07) is 4.27. The molecule has 0 saturated carbocycles. The monoisotopic (exact) mass is 238 g/mol. The molecule has 0 radical (unpaired) electrons. The van der Waals surface area contributed by atoms with E-state index in [-0.39, 0.29) is 17.6 Å². The van der Waals surface area contributed by atoms with Gasteiger partial charge in [0, 0.05) is 24.7 Å². The van der Waals surface area contributed by atoms with Crippen molar-refractivity contribution in [3.05, 3.63) is 29.6 Å². The molecule has 4 heteroatoms. The van der Waals surface area contributed by atoms with Gasteiger partial charge in [0.05, 0.1) is 0 Å². The molecule has 0 aliphatic carbocycles. The van der Waals surface area contributed by atoms with Gasteiger partial charge in [-0.1, -0.05) is 0 Å². The number of likely N-dealkylation sites (tertiary alicyclic amines) is 1. The van der Waals surface area contributed by atoms with Crippen LogP contribution in [0.2, 0.25) is 0 Å². The van der Waals surface area contributed by atoms with Crippen molar-refractivity contribution in [2.24, 2.45) is 11.7 Å². The summed E-state index contributed by atoms with van der Waals surface area (Å²) in [6.45, 7) is 4.50. The van der Waals surface area contributed by atoms with E-state index < -0.39 is 0 Å². The number of benzene rings is 1. The Hall–Kier alpha value is -1.13. The highest BCUT2D eigenvalue weighted by Gasteiger charge is 2.25. The van der Waals surface area contributed by atoms with Crippen molar-refractivity contribution in [1.82, 2.24) is 4.90 Å². The summed E-state index contributed by atoms with van der Waals surface area (Å²) in [5, 5.41) is 9.65. The number of nitrogens with zero attached hydrogens (tertiary/aromatic N) is 1. The molecule has 0 spiro atoms. The highest BCUT2D eigenvalue weighted by atomic mass is 19.1. The highest BCUT2D eigenvalue weighted by Crippen LogP contribution is 2.24. The van der Waals surface area contributed by atoms with Crippen molar-refractivity contribution in [1.29, 1.82) is 0 Å².